The molecule has 2 heterocycles. The zero-order chi connectivity index (χ0) is 24.2. The highest BCUT2D eigenvalue weighted by Crippen LogP contribution is 2.34. The van der Waals surface area contributed by atoms with E-state index >= 15 is 0 Å². The third-order valence-corrected chi connectivity index (χ3v) is 6.65. The number of piperidine rings is 1. The normalized spacial score (nSPS) is 16.4. The molecule has 2 amide bonds. The second-order valence-electron chi connectivity index (χ2n) is 9.02. The van der Waals surface area contributed by atoms with Gasteiger partial charge in [0.2, 0.25) is 11.8 Å². The number of ether oxygens (including phenoxy) is 2. The fraction of sp³-hybridized carbons (Fsp3) is 0.583. The number of benzene rings is 1. The third-order valence-electron chi connectivity index (χ3n) is 6.65. The summed E-state index contributed by atoms with van der Waals surface area (Å²) in [6, 6.07) is 5.63. The molecule has 2 aliphatic rings. The first-order valence-electron chi connectivity index (χ1n) is 11.8. The highest BCUT2D eigenvalue weighted by atomic mass is 16.5. The summed E-state index contributed by atoms with van der Waals surface area (Å²) in [5, 5.41) is 7.32. The van der Waals surface area contributed by atoms with E-state index in [-0.39, 0.29) is 35.9 Å². The monoisotopic (exact) mass is 471 g/mol. The molecule has 1 aromatic carbocycles. The van der Waals surface area contributed by atoms with Crippen molar-refractivity contribution in [2.24, 2.45) is 13.0 Å². The summed E-state index contributed by atoms with van der Waals surface area (Å²) in [5.41, 5.74) is 0.697. The lowest BCUT2D eigenvalue weighted by Gasteiger charge is -2.31. The Morgan fingerprint density at radius 2 is 1.79 bits per heavy atom. The Balaban J connectivity index is 1.29. The quantitative estimate of drug-likeness (QED) is 0.586. The van der Waals surface area contributed by atoms with Crippen molar-refractivity contribution < 1.29 is 19.1 Å². The molecule has 1 N–H and O–H groups in total. The van der Waals surface area contributed by atoms with Crippen LogP contribution in [0.25, 0.3) is 0 Å². The number of aromatic nitrogens is 3. The van der Waals surface area contributed by atoms with Crippen LogP contribution in [-0.2, 0) is 29.6 Å². The number of amides is 2. The number of rotatable bonds is 9. The van der Waals surface area contributed by atoms with Gasteiger partial charge in [0.25, 0.3) is 0 Å². The van der Waals surface area contributed by atoms with Gasteiger partial charge < -0.3 is 19.7 Å². The molecule has 184 valence electrons. The maximum absolute atomic E-state index is 12.7. The van der Waals surface area contributed by atoms with E-state index in [1.165, 1.54) is 9.25 Å². The molecule has 10 nitrogen and oxygen atoms in total. The minimum atomic E-state index is -0.304. The van der Waals surface area contributed by atoms with E-state index < -0.39 is 0 Å². The predicted molar refractivity (Wildman–Crippen MR) is 125 cm³/mol. The van der Waals surface area contributed by atoms with Gasteiger partial charge in [0.1, 0.15) is 12.4 Å². The minimum absolute atomic E-state index is 0.107. The summed E-state index contributed by atoms with van der Waals surface area (Å²) in [4.78, 5) is 39.3. The van der Waals surface area contributed by atoms with Gasteiger partial charge in [-0.15, -0.1) is 0 Å². The van der Waals surface area contributed by atoms with E-state index in [9.17, 15) is 14.4 Å². The largest absolute Gasteiger partial charge is 0.493 e. The van der Waals surface area contributed by atoms with Crippen molar-refractivity contribution in [3.05, 3.63) is 40.1 Å². The first-order chi connectivity index (χ1) is 16.4. The molecule has 1 aromatic heterocycles. The topological polar surface area (TPSA) is 108 Å². The van der Waals surface area contributed by atoms with E-state index in [4.69, 9.17) is 9.47 Å². The fourth-order valence-electron chi connectivity index (χ4n) is 4.48. The van der Waals surface area contributed by atoms with E-state index in [0.717, 1.165) is 31.2 Å². The van der Waals surface area contributed by atoms with Gasteiger partial charge in [-0.2, -0.15) is 5.10 Å². The lowest BCUT2D eigenvalue weighted by Crippen LogP contribution is -2.39. The number of likely N-dealkylation sites (tertiary alicyclic amines) is 1. The van der Waals surface area contributed by atoms with Crippen molar-refractivity contribution in [2.45, 2.75) is 44.6 Å². The number of nitrogens with one attached hydrogen (secondary N) is 1. The third kappa shape index (κ3) is 5.26. The molecule has 34 heavy (non-hydrogen) atoms. The van der Waals surface area contributed by atoms with Gasteiger partial charge in [-0.05, 0) is 49.8 Å². The lowest BCUT2D eigenvalue weighted by atomic mass is 9.95. The minimum Gasteiger partial charge on any atom is -0.493 e. The summed E-state index contributed by atoms with van der Waals surface area (Å²) in [6.45, 7) is 1.68. The smallest absolute Gasteiger partial charge is 0.346 e. The Morgan fingerprint density at radius 3 is 2.44 bits per heavy atom. The van der Waals surface area contributed by atoms with E-state index in [1.807, 2.05) is 23.1 Å². The van der Waals surface area contributed by atoms with Crippen molar-refractivity contribution in [1.29, 1.82) is 0 Å². The number of hydrogen-bond acceptors (Lipinski definition) is 6. The molecule has 2 aromatic rings. The van der Waals surface area contributed by atoms with Gasteiger partial charge in [-0.3, -0.25) is 14.2 Å². The summed E-state index contributed by atoms with van der Waals surface area (Å²) in [6.07, 6.45) is 4.19. The van der Waals surface area contributed by atoms with Gasteiger partial charge in [0.15, 0.2) is 11.5 Å². The number of nitrogens with zero attached hydrogens (tertiary/aromatic N) is 4. The van der Waals surface area contributed by atoms with Gasteiger partial charge in [-0.25, -0.2) is 9.48 Å². The maximum Gasteiger partial charge on any atom is 0.346 e. The number of methoxy groups -OCH3 is 2. The molecule has 0 unspecified atom stereocenters. The Kier molecular flexibility index (Phi) is 7.23. The van der Waals surface area contributed by atoms with Crippen LogP contribution in [-0.4, -0.2) is 64.9 Å². The molecule has 0 bridgehead atoms. The molecule has 1 saturated carbocycles. The summed E-state index contributed by atoms with van der Waals surface area (Å²) >= 11 is 0. The fourth-order valence-corrected chi connectivity index (χ4v) is 4.48. The van der Waals surface area contributed by atoms with Crippen LogP contribution >= 0.6 is 0 Å². The van der Waals surface area contributed by atoms with Crippen molar-refractivity contribution in [3.63, 3.8) is 0 Å². The highest BCUT2D eigenvalue weighted by molar-refractivity contribution is 5.81. The Hall–Kier alpha value is -3.30. The molecule has 1 aliphatic heterocycles. The van der Waals surface area contributed by atoms with E-state index in [0.29, 0.717) is 43.4 Å². The molecule has 1 aliphatic carbocycles. The average Bonchev–Trinajstić information content (AvgIpc) is 3.67. The average molecular weight is 472 g/mol. The molecule has 10 heteroatoms. The Bertz CT molecular complexity index is 1100. The Labute approximate surface area is 198 Å². The number of carbonyl (C=O) groups is 2. The van der Waals surface area contributed by atoms with Crippen molar-refractivity contribution in [2.75, 3.05) is 33.9 Å². The number of carbonyl (C=O) groups excluding carboxylic acids is 2. The van der Waals surface area contributed by atoms with Crippen LogP contribution < -0.4 is 20.5 Å². The van der Waals surface area contributed by atoms with Crippen LogP contribution in [0.2, 0.25) is 0 Å². The maximum atomic E-state index is 12.7. The first-order valence-corrected chi connectivity index (χ1v) is 11.8. The van der Waals surface area contributed by atoms with Gasteiger partial charge in [-0.1, -0.05) is 6.07 Å². The molecule has 2 fully saturated rings. The van der Waals surface area contributed by atoms with Crippen LogP contribution in [0.5, 0.6) is 11.5 Å². The van der Waals surface area contributed by atoms with Crippen LogP contribution in [0, 0.1) is 5.92 Å². The van der Waals surface area contributed by atoms with Crippen molar-refractivity contribution >= 4 is 11.8 Å². The predicted octanol–water partition coefficient (Wildman–Crippen LogP) is 1.07. The highest BCUT2D eigenvalue weighted by Gasteiger charge is 2.36. The molecule has 4 rings (SSSR count). The van der Waals surface area contributed by atoms with Crippen LogP contribution in [0.1, 0.15) is 43.0 Å². The molecular weight excluding hydrogens is 438 g/mol. The van der Waals surface area contributed by atoms with Crippen LogP contribution in [0.4, 0.5) is 0 Å². The zero-order valence-corrected chi connectivity index (χ0v) is 20.1. The summed E-state index contributed by atoms with van der Waals surface area (Å²) in [5.74, 6) is 2.31. The lowest BCUT2D eigenvalue weighted by molar-refractivity contribution is -0.133. The van der Waals surface area contributed by atoms with Crippen LogP contribution in [0.15, 0.2) is 23.0 Å². The Morgan fingerprint density at radius 1 is 1.09 bits per heavy atom. The van der Waals surface area contributed by atoms with Gasteiger partial charge in [0.05, 0.1) is 14.2 Å². The van der Waals surface area contributed by atoms with Gasteiger partial charge in [0, 0.05) is 38.5 Å². The molecule has 1 saturated heterocycles. The van der Waals surface area contributed by atoms with Crippen molar-refractivity contribution in [3.8, 4) is 11.5 Å². The molecular formula is C24H33N5O5. The summed E-state index contributed by atoms with van der Waals surface area (Å²) < 4.78 is 13.3. The zero-order valence-electron chi connectivity index (χ0n) is 20.1. The van der Waals surface area contributed by atoms with Crippen LogP contribution in [0.3, 0.4) is 0 Å². The molecule has 0 atom stereocenters. The van der Waals surface area contributed by atoms with Gasteiger partial charge >= 0.3 is 5.69 Å². The number of hydrogen-bond donors (Lipinski definition) is 1. The standard InChI is InChI=1S/C24H33N5O5/c1-27-22(17-9-12-28(13-10-17)23(31)18-5-6-18)26-29(24(27)32)15-21(30)25-11-8-16-4-7-19(33-2)20(14-16)34-3/h4,7,14,17-18H,5-6,8-13,15H2,1-3H3,(H,25,30). The van der Waals surface area contributed by atoms with E-state index in [1.54, 1.807) is 21.3 Å². The second-order valence-corrected chi connectivity index (χ2v) is 9.02. The second kappa shape index (κ2) is 10.3. The van der Waals surface area contributed by atoms with E-state index in [2.05, 4.69) is 10.4 Å². The molecule has 0 radical (unpaired) electrons. The van der Waals surface area contributed by atoms with Crippen molar-refractivity contribution in [1.82, 2.24) is 24.6 Å². The first kappa shape index (κ1) is 23.8. The SMILES string of the molecule is COc1ccc(CCNC(=O)Cn2nc(C3CCN(C(=O)C4CC4)CC3)n(C)c2=O)cc1OC. The molecule has 0 spiro atoms. The summed E-state index contributed by atoms with van der Waals surface area (Å²) in [7, 11) is 4.86.